The molecular weight excluding hydrogens is 283 g/mol. The van der Waals surface area contributed by atoms with Crippen LogP contribution in [0.5, 0.6) is 0 Å². The van der Waals surface area contributed by atoms with Gasteiger partial charge < -0.3 is 0 Å². The van der Waals surface area contributed by atoms with Crippen LogP contribution in [0.2, 0.25) is 10.3 Å². The maximum absolute atomic E-state index is 6.31. The Morgan fingerprint density at radius 1 is 1.16 bits per heavy atom. The molecule has 0 spiro atoms. The van der Waals surface area contributed by atoms with Crippen LogP contribution < -0.4 is 0 Å². The lowest BCUT2D eigenvalue weighted by molar-refractivity contribution is 0.715. The third-order valence-electron chi connectivity index (χ3n) is 3.58. The van der Waals surface area contributed by atoms with Crippen molar-refractivity contribution in [2.45, 2.75) is 31.6 Å². The third-order valence-corrected chi connectivity index (χ3v) is 4.16. The molecule has 2 aromatic rings. The summed E-state index contributed by atoms with van der Waals surface area (Å²) in [6.45, 7) is 0. The number of halogens is 2. The van der Waals surface area contributed by atoms with E-state index in [1.54, 1.807) is 10.9 Å². The molecule has 0 N–H and O–H groups in total. The van der Waals surface area contributed by atoms with Crippen LogP contribution in [0.3, 0.4) is 0 Å². The fourth-order valence-electron chi connectivity index (χ4n) is 2.63. The second-order valence-electron chi connectivity index (χ2n) is 4.93. The van der Waals surface area contributed by atoms with E-state index in [9.17, 15) is 0 Å². The van der Waals surface area contributed by atoms with Gasteiger partial charge >= 0.3 is 0 Å². The first-order valence-corrected chi connectivity index (χ1v) is 7.12. The minimum Gasteiger partial charge on any atom is -0.275 e. The van der Waals surface area contributed by atoms with Crippen molar-refractivity contribution in [2.75, 3.05) is 0 Å². The molecule has 0 radical (unpaired) electrons. The molecule has 1 saturated carbocycles. The zero-order valence-corrected chi connectivity index (χ0v) is 12.1. The van der Waals surface area contributed by atoms with Crippen LogP contribution in [-0.4, -0.2) is 19.7 Å². The first kappa shape index (κ1) is 12.9. The van der Waals surface area contributed by atoms with Gasteiger partial charge in [-0.1, -0.05) is 36.0 Å². The average Bonchev–Trinajstić information content (AvgIpc) is 2.99. The van der Waals surface area contributed by atoms with E-state index < -0.39 is 0 Å². The molecule has 0 unspecified atom stereocenters. The summed E-state index contributed by atoms with van der Waals surface area (Å²) in [5.74, 6) is 0.938. The minimum atomic E-state index is 0.406. The first-order chi connectivity index (χ1) is 9.15. The molecule has 1 aliphatic carbocycles. The number of hydrogen-bond donors (Lipinski definition) is 0. The highest BCUT2D eigenvalue weighted by Gasteiger charge is 2.24. The highest BCUT2D eigenvalue weighted by atomic mass is 35.5. The summed E-state index contributed by atoms with van der Waals surface area (Å²) < 4.78 is 1.70. The van der Waals surface area contributed by atoms with E-state index in [0.29, 0.717) is 22.0 Å². The molecule has 6 heteroatoms. The van der Waals surface area contributed by atoms with Gasteiger partial charge in [0, 0.05) is 18.8 Å². The van der Waals surface area contributed by atoms with Gasteiger partial charge in [0.25, 0.3) is 0 Å². The fraction of sp³-hybridized carbons (Fsp3) is 0.462. The van der Waals surface area contributed by atoms with E-state index in [1.807, 2.05) is 13.2 Å². The van der Waals surface area contributed by atoms with Crippen LogP contribution in [0.25, 0.3) is 11.4 Å². The number of rotatable bonds is 2. The summed E-state index contributed by atoms with van der Waals surface area (Å²) >= 11 is 12.6. The first-order valence-electron chi connectivity index (χ1n) is 6.37. The monoisotopic (exact) mass is 296 g/mol. The molecule has 3 rings (SSSR count). The zero-order chi connectivity index (χ0) is 13.4. The predicted octanol–water partition coefficient (Wildman–Crippen LogP) is 3.84. The summed E-state index contributed by atoms with van der Waals surface area (Å²) in [7, 11) is 1.85. The van der Waals surface area contributed by atoms with E-state index in [0.717, 1.165) is 24.0 Å². The van der Waals surface area contributed by atoms with Crippen LogP contribution >= 0.6 is 23.2 Å². The summed E-state index contributed by atoms with van der Waals surface area (Å²) in [4.78, 5) is 8.76. The maximum atomic E-state index is 6.31. The molecular formula is C13H14Cl2N4. The Bertz CT molecular complexity index is 579. The second-order valence-corrected chi connectivity index (χ2v) is 5.64. The van der Waals surface area contributed by atoms with Gasteiger partial charge in [-0.15, -0.1) is 0 Å². The van der Waals surface area contributed by atoms with Gasteiger partial charge in [0.05, 0.1) is 11.8 Å². The topological polar surface area (TPSA) is 43.6 Å². The Balaban J connectivity index is 2.02. The summed E-state index contributed by atoms with van der Waals surface area (Å²) in [5.41, 5.74) is 1.73. The van der Waals surface area contributed by atoms with Gasteiger partial charge in [-0.05, 0) is 18.8 Å². The standard InChI is InChI=1S/C13H14Cl2N4/c1-19-7-9(6-16-19)13-17-11(14)10(12(15)18-13)8-4-2-3-5-8/h6-8H,2-5H2,1H3. The van der Waals surface area contributed by atoms with Gasteiger partial charge in [-0.3, -0.25) is 4.68 Å². The molecule has 4 nitrogen and oxygen atoms in total. The molecule has 0 saturated heterocycles. The van der Waals surface area contributed by atoms with Crippen molar-refractivity contribution in [1.82, 2.24) is 19.7 Å². The van der Waals surface area contributed by atoms with E-state index in [-0.39, 0.29) is 0 Å². The molecule has 0 atom stereocenters. The number of nitrogens with zero attached hydrogens (tertiary/aromatic N) is 4. The summed E-state index contributed by atoms with van der Waals surface area (Å²) in [5, 5.41) is 5.06. The van der Waals surface area contributed by atoms with E-state index in [2.05, 4.69) is 15.1 Å². The molecule has 0 amide bonds. The van der Waals surface area contributed by atoms with Crippen molar-refractivity contribution in [1.29, 1.82) is 0 Å². The van der Waals surface area contributed by atoms with Crippen LogP contribution in [0.4, 0.5) is 0 Å². The minimum absolute atomic E-state index is 0.406. The Morgan fingerprint density at radius 3 is 2.32 bits per heavy atom. The zero-order valence-electron chi connectivity index (χ0n) is 10.6. The fourth-order valence-corrected chi connectivity index (χ4v) is 3.33. The van der Waals surface area contributed by atoms with Crippen molar-refractivity contribution < 1.29 is 0 Å². The van der Waals surface area contributed by atoms with E-state index in [1.165, 1.54) is 12.8 Å². The quantitative estimate of drug-likeness (QED) is 0.791. The molecule has 1 aliphatic rings. The third kappa shape index (κ3) is 2.47. The van der Waals surface area contributed by atoms with Crippen LogP contribution in [-0.2, 0) is 7.05 Å². The normalized spacial score (nSPS) is 16.2. The second kappa shape index (κ2) is 5.10. The Labute approximate surface area is 121 Å². The number of aryl methyl sites for hydroxylation is 1. The Hall–Kier alpha value is -1.13. The smallest absolute Gasteiger partial charge is 0.165 e. The van der Waals surface area contributed by atoms with Crippen molar-refractivity contribution in [3.8, 4) is 11.4 Å². The molecule has 2 heterocycles. The predicted molar refractivity (Wildman–Crippen MR) is 75.5 cm³/mol. The molecule has 1 fully saturated rings. The van der Waals surface area contributed by atoms with Crippen molar-refractivity contribution in [3.63, 3.8) is 0 Å². The molecule has 2 aromatic heterocycles. The van der Waals surface area contributed by atoms with Crippen LogP contribution in [0.15, 0.2) is 12.4 Å². The van der Waals surface area contributed by atoms with Crippen molar-refractivity contribution >= 4 is 23.2 Å². The number of aromatic nitrogens is 4. The maximum Gasteiger partial charge on any atom is 0.165 e. The van der Waals surface area contributed by atoms with Gasteiger partial charge in [0.2, 0.25) is 0 Å². The highest BCUT2D eigenvalue weighted by molar-refractivity contribution is 6.34. The van der Waals surface area contributed by atoms with E-state index in [4.69, 9.17) is 23.2 Å². The lowest BCUT2D eigenvalue weighted by Gasteiger charge is -2.13. The summed E-state index contributed by atoms with van der Waals surface area (Å²) in [6, 6.07) is 0. The number of hydrogen-bond acceptors (Lipinski definition) is 3. The van der Waals surface area contributed by atoms with Crippen LogP contribution in [0, 0.1) is 0 Å². The van der Waals surface area contributed by atoms with Crippen molar-refractivity contribution in [2.24, 2.45) is 7.05 Å². The lowest BCUT2D eigenvalue weighted by atomic mass is 10.0. The van der Waals surface area contributed by atoms with Crippen molar-refractivity contribution in [3.05, 3.63) is 28.3 Å². The highest BCUT2D eigenvalue weighted by Crippen LogP contribution is 2.40. The van der Waals surface area contributed by atoms with Gasteiger partial charge in [0.15, 0.2) is 5.82 Å². The van der Waals surface area contributed by atoms with Gasteiger partial charge in [-0.2, -0.15) is 5.10 Å². The average molecular weight is 297 g/mol. The SMILES string of the molecule is Cn1cc(-c2nc(Cl)c(C3CCCC3)c(Cl)n2)cn1. The molecule has 0 aromatic carbocycles. The van der Waals surface area contributed by atoms with Gasteiger partial charge in [0.1, 0.15) is 10.3 Å². The lowest BCUT2D eigenvalue weighted by Crippen LogP contribution is -2.01. The van der Waals surface area contributed by atoms with Gasteiger partial charge in [-0.25, -0.2) is 9.97 Å². The molecule has 19 heavy (non-hydrogen) atoms. The Kier molecular flexibility index (Phi) is 3.46. The Morgan fingerprint density at radius 2 is 1.79 bits per heavy atom. The molecule has 0 bridgehead atoms. The summed E-state index contributed by atoms with van der Waals surface area (Å²) in [6.07, 6.45) is 8.24. The molecule has 0 aliphatic heterocycles. The molecule has 100 valence electrons. The van der Waals surface area contributed by atoms with Crippen LogP contribution in [0.1, 0.15) is 37.2 Å². The van der Waals surface area contributed by atoms with E-state index >= 15 is 0 Å². The largest absolute Gasteiger partial charge is 0.275 e.